The maximum Gasteiger partial charge on any atom is 0.227 e. The molecular weight excluding hydrogens is 314 g/mol. The number of aryl methyl sites for hydroxylation is 2. The molecule has 0 unspecified atom stereocenters. The van der Waals surface area contributed by atoms with E-state index in [0.29, 0.717) is 25.9 Å². The van der Waals surface area contributed by atoms with Crippen LogP contribution in [-0.2, 0) is 28.1 Å². The molecule has 128 valence electrons. The first-order valence-corrected chi connectivity index (χ1v) is 9.90. The Labute approximate surface area is 137 Å². The Morgan fingerprint density at radius 1 is 1.22 bits per heavy atom. The van der Waals surface area contributed by atoms with Crippen molar-refractivity contribution in [3.05, 3.63) is 17.0 Å². The van der Waals surface area contributed by atoms with Crippen LogP contribution >= 0.6 is 0 Å². The monoisotopic (exact) mass is 339 g/mol. The molecule has 2 heterocycles. The van der Waals surface area contributed by atoms with Gasteiger partial charge in [0.2, 0.25) is 5.91 Å². The fourth-order valence-electron chi connectivity index (χ4n) is 3.77. The van der Waals surface area contributed by atoms with Crippen LogP contribution in [0.1, 0.15) is 42.6 Å². The minimum Gasteiger partial charge on any atom is -0.341 e. The Morgan fingerprint density at radius 2 is 1.91 bits per heavy atom. The van der Waals surface area contributed by atoms with Gasteiger partial charge in [0, 0.05) is 31.4 Å². The Balaban J connectivity index is 1.74. The summed E-state index contributed by atoms with van der Waals surface area (Å²) in [6, 6.07) is 0. The molecule has 0 radical (unpaired) electrons. The molecule has 7 heteroatoms. The van der Waals surface area contributed by atoms with Crippen LogP contribution in [0.15, 0.2) is 0 Å². The number of rotatable bonds is 2. The van der Waals surface area contributed by atoms with E-state index in [9.17, 15) is 13.2 Å². The number of amides is 1. The second-order valence-corrected chi connectivity index (χ2v) is 9.44. The molecule has 1 spiro atoms. The van der Waals surface area contributed by atoms with E-state index in [2.05, 4.69) is 5.10 Å². The highest BCUT2D eigenvalue weighted by Crippen LogP contribution is 2.43. The molecule has 6 nitrogen and oxygen atoms in total. The maximum absolute atomic E-state index is 12.7. The van der Waals surface area contributed by atoms with Crippen molar-refractivity contribution < 1.29 is 13.2 Å². The van der Waals surface area contributed by atoms with Crippen molar-refractivity contribution in [2.45, 2.75) is 50.7 Å². The fourth-order valence-corrected chi connectivity index (χ4v) is 5.98. The molecule has 2 fully saturated rings. The van der Waals surface area contributed by atoms with Gasteiger partial charge in [0.25, 0.3) is 0 Å². The van der Waals surface area contributed by atoms with Crippen LogP contribution in [0.5, 0.6) is 0 Å². The van der Waals surface area contributed by atoms with E-state index in [1.165, 1.54) is 0 Å². The average Bonchev–Trinajstić information content (AvgIpc) is 2.60. The second-order valence-electron chi connectivity index (χ2n) is 6.94. The summed E-state index contributed by atoms with van der Waals surface area (Å²) >= 11 is 0. The number of sulfone groups is 1. The molecule has 1 aliphatic heterocycles. The molecule has 0 aromatic carbocycles. The molecule has 0 bridgehead atoms. The van der Waals surface area contributed by atoms with E-state index in [0.717, 1.165) is 36.2 Å². The zero-order valence-corrected chi connectivity index (χ0v) is 14.9. The van der Waals surface area contributed by atoms with E-state index in [1.807, 2.05) is 20.9 Å². The van der Waals surface area contributed by atoms with Crippen LogP contribution < -0.4 is 0 Å². The van der Waals surface area contributed by atoms with Gasteiger partial charge < -0.3 is 4.90 Å². The van der Waals surface area contributed by atoms with Crippen molar-refractivity contribution in [3.63, 3.8) is 0 Å². The number of aromatic nitrogens is 2. The smallest absolute Gasteiger partial charge is 0.227 e. The number of hydrogen-bond acceptors (Lipinski definition) is 4. The van der Waals surface area contributed by atoms with E-state index in [4.69, 9.17) is 0 Å². The van der Waals surface area contributed by atoms with Crippen LogP contribution in [0.2, 0.25) is 0 Å². The van der Waals surface area contributed by atoms with Gasteiger partial charge >= 0.3 is 0 Å². The lowest BCUT2D eigenvalue weighted by atomic mass is 9.81. The lowest BCUT2D eigenvalue weighted by molar-refractivity contribution is -0.130. The fraction of sp³-hybridized carbons (Fsp3) is 0.750. The Kier molecular flexibility index (Phi) is 4.02. The SMILES string of the molecule is Cc1nn(C)c(C)c1CC(=O)N1CCC2(CCC2)S(=O)(=O)CC1. The van der Waals surface area contributed by atoms with E-state index >= 15 is 0 Å². The highest BCUT2D eigenvalue weighted by molar-refractivity contribution is 7.92. The first-order chi connectivity index (χ1) is 10.8. The topological polar surface area (TPSA) is 72.3 Å². The number of hydrogen-bond donors (Lipinski definition) is 0. The molecule has 3 rings (SSSR count). The van der Waals surface area contributed by atoms with Gasteiger partial charge in [0.05, 0.1) is 22.6 Å². The van der Waals surface area contributed by atoms with Gasteiger partial charge in [-0.25, -0.2) is 8.42 Å². The molecule has 1 saturated heterocycles. The molecule has 1 aromatic rings. The first-order valence-electron chi connectivity index (χ1n) is 8.25. The standard InChI is InChI=1S/C16H25N3O3S/c1-12-14(13(2)18(3)17-12)11-15(20)19-8-7-16(5-4-6-16)23(21,22)10-9-19/h4-11H2,1-3H3. The zero-order valence-electron chi connectivity index (χ0n) is 14.1. The summed E-state index contributed by atoms with van der Waals surface area (Å²) in [7, 11) is -1.21. The predicted octanol–water partition coefficient (Wildman–Crippen LogP) is 1.15. The quantitative estimate of drug-likeness (QED) is 0.810. The number of nitrogens with zero attached hydrogens (tertiary/aromatic N) is 3. The highest BCUT2D eigenvalue weighted by atomic mass is 32.2. The summed E-state index contributed by atoms with van der Waals surface area (Å²) < 4.78 is 26.2. The van der Waals surface area contributed by atoms with Gasteiger partial charge in [0.1, 0.15) is 0 Å². The highest BCUT2D eigenvalue weighted by Gasteiger charge is 2.49. The van der Waals surface area contributed by atoms with E-state index in [1.54, 1.807) is 9.58 Å². The minimum atomic E-state index is -3.08. The van der Waals surface area contributed by atoms with Crippen molar-refractivity contribution in [1.29, 1.82) is 0 Å². The summed E-state index contributed by atoms with van der Waals surface area (Å²) in [5.74, 6) is 0.111. The normalized spacial score (nSPS) is 22.7. The van der Waals surface area contributed by atoms with Crippen molar-refractivity contribution in [2.24, 2.45) is 7.05 Å². The van der Waals surface area contributed by atoms with E-state index < -0.39 is 14.6 Å². The lowest BCUT2D eigenvalue weighted by Crippen LogP contribution is -2.46. The average molecular weight is 339 g/mol. The van der Waals surface area contributed by atoms with Gasteiger partial charge in [-0.2, -0.15) is 5.10 Å². The molecule has 23 heavy (non-hydrogen) atoms. The molecule has 1 aliphatic carbocycles. The largest absolute Gasteiger partial charge is 0.341 e. The lowest BCUT2D eigenvalue weighted by Gasteiger charge is -2.39. The third-order valence-electron chi connectivity index (χ3n) is 5.73. The molecule has 2 aliphatic rings. The molecular formula is C16H25N3O3S. The third kappa shape index (κ3) is 2.69. The van der Waals surface area contributed by atoms with Gasteiger partial charge in [-0.05, 0) is 33.1 Å². The summed E-state index contributed by atoms with van der Waals surface area (Å²) in [6.07, 6.45) is 3.41. The summed E-state index contributed by atoms with van der Waals surface area (Å²) in [5.41, 5.74) is 2.83. The van der Waals surface area contributed by atoms with Crippen molar-refractivity contribution in [2.75, 3.05) is 18.8 Å². The molecule has 0 atom stereocenters. The van der Waals surface area contributed by atoms with Crippen LogP contribution in [0.4, 0.5) is 0 Å². The summed E-state index contributed by atoms with van der Waals surface area (Å²) in [6.45, 7) is 4.74. The van der Waals surface area contributed by atoms with Crippen molar-refractivity contribution >= 4 is 15.7 Å². The summed E-state index contributed by atoms with van der Waals surface area (Å²) in [5, 5.41) is 4.35. The Hall–Kier alpha value is -1.37. The Bertz CT molecular complexity index is 732. The Morgan fingerprint density at radius 3 is 2.43 bits per heavy atom. The van der Waals surface area contributed by atoms with Crippen molar-refractivity contribution in [3.8, 4) is 0 Å². The number of carbonyl (C=O) groups is 1. The van der Waals surface area contributed by atoms with Crippen LogP contribution in [0.3, 0.4) is 0 Å². The van der Waals surface area contributed by atoms with Crippen LogP contribution in [0, 0.1) is 13.8 Å². The molecule has 1 amide bonds. The molecule has 0 N–H and O–H groups in total. The van der Waals surface area contributed by atoms with E-state index in [-0.39, 0.29) is 11.7 Å². The third-order valence-corrected chi connectivity index (χ3v) is 8.38. The van der Waals surface area contributed by atoms with Gasteiger partial charge in [-0.15, -0.1) is 0 Å². The number of carbonyl (C=O) groups excluding carboxylic acids is 1. The zero-order chi connectivity index (χ0) is 16.8. The predicted molar refractivity (Wildman–Crippen MR) is 88.0 cm³/mol. The minimum absolute atomic E-state index is 0.00998. The molecule has 1 aromatic heterocycles. The maximum atomic E-state index is 12.7. The van der Waals surface area contributed by atoms with Crippen LogP contribution in [0.25, 0.3) is 0 Å². The summed E-state index contributed by atoms with van der Waals surface area (Å²) in [4.78, 5) is 14.4. The van der Waals surface area contributed by atoms with Crippen LogP contribution in [-0.4, -0.2) is 52.6 Å². The second kappa shape index (κ2) is 5.61. The first kappa shape index (κ1) is 16.5. The van der Waals surface area contributed by atoms with Gasteiger partial charge in [-0.1, -0.05) is 6.42 Å². The van der Waals surface area contributed by atoms with Gasteiger partial charge in [-0.3, -0.25) is 9.48 Å². The van der Waals surface area contributed by atoms with Gasteiger partial charge in [0.15, 0.2) is 9.84 Å². The van der Waals surface area contributed by atoms with Crippen molar-refractivity contribution in [1.82, 2.24) is 14.7 Å². The molecule has 1 saturated carbocycles.